The molecule has 0 radical (unpaired) electrons. The summed E-state index contributed by atoms with van der Waals surface area (Å²) in [6, 6.07) is 0. The Morgan fingerprint density at radius 1 is 0.875 bits per heavy atom. The first-order chi connectivity index (χ1) is 7.16. The third-order valence-electron chi connectivity index (χ3n) is 4.53. The molecular formula is C11H13Br2F3. The van der Waals surface area contributed by atoms with Crippen molar-refractivity contribution in [1.29, 1.82) is 0 Å². The SMILES string of the molecule is FC(F)(F)C12CC3CC(Br)(CC(Br)(C3)C1)C2. The Labute approximate surface area is 110 Å². The van der Waals surface area contributed by atoms with Crippen LogP contribution in [0.5, 0.6) is 0 Å². The maximum Gasteiger partial charge on any atom is 0.394 e. The van der Waals surface area contributed by atoms with Gasteiger partial charge < -0.3 is 0 Å². The maximum absolute atomic E-state index is 13.3. The smallest absolute Gasteiger partial charge is 0.171 e. The normalized spacial score (nSPS) is 55.7. The summed E-state index contributed by atoms with van der Waals surface area (Å²) in [6.07, 6.45) is -0.493. The second-order valence-electron chi connectivity index (χ2n) is 6.09. The van der Waals surface area contributed by atoms with Gasteiger partial charge in [-0.15, -0.1) is 0 Å². The number of hydrogen-bond donors (Lipinski definition) is 0. The van der Waals surface area contributed by atoms with Crippen molar-refractivity contribution in [2.24, 2.45) is 11.3 Å². The van der Waals surface area contributed by atoms with Crippen LogP contribution < -0.4 is 0 Å². The topological polar surface area (TPSA) is 0 Å². The standard InChI is InChI=1S/C11H13Br2F3/c12-9-2-7-1-8(4-9,11(14,15)16)5-10(13,3-7)6-9/h7H,1-6H2. The molecule has 0 aromatic carbocycles. The molecule has 4 aliphatic rings. The molecule has 0 nitrogen and oxygen atoms in total. The van der Waals surface area contributed by atoms with E-state index in [-0.39, 0.29) is 27.4 Å². The largest absolute Gasteiger partial charge is 0.394 e. The highest BCUT2D eigenvalue weighted by Gasteiger charge is 2.70. The molecule has 2 atom stereocenters. The molecule has 4 fully saturated rings. The monoisotopic (exact) mass is 360 g/mol. The first-order valence-corrected chi connectivity index (χ1v) is 7.19. The minimum atomic E-state index is -4.05. The quantitative estimate of drug-likeness (QED) is 0.543. The van der Waals surface area contributed by atoms with E-state index in [1.807, 2.05) is 0 Å². The predicted molar refractivity (Wildman–Crippen MR) is 63.0 cm³/mol. The van der Waals surface area contributed by atoms with Crippen molar-refractivity contribution < 1.29 is 13.2 Å². The van der Waals surface area contributed by atoms with Crippen LogP contribution in [0, 0.1) is 11.3 Å². The van der Waals surface area contributed by atoms with Crippen LogP contribution in [0.4, 0.5) is 13.2 Å². The van der Waals surface area contributed by atoms with Gasteiger partial charge in [0.15, 0.2) is 0 Å². The lowest BCUT2D eigenvalue weighted by Crippen LogP contribution is -2.62. The molecule has 5 heteroatoms. The zero-order valence-electron chi connectivity index (χ0n) is 8.71. The molecule has 0 N–H and O–H groups in total. The van der Waals surface area contributed by atoms with Crippen LogP contribution in [0.1, 0.15) is 38.5 Å². The highest BCUT2D eigenvalue weighted by atomic mass is 79.9. The van der Waals surface area contributed by atoms with E-state index in [0.29, 0.717) is 6.42 Å². The molecular weight excluding hydrogens is 349 g/mol. The van der Waals surface area contributed by atoms with Crippen molar-refractivity contribution in [3.8, 4) is 0 Å². The summed E-state index contributed by atoms with van der Waals surface area (Å²) in [5.74, 6) is 0.233. The van der Waals surface area contributed by atoms with Gasteiger partial charge in [-0.25, -0.2) is 0 Å². The first-order valence-electron chi connectivity index (χ1n) is 5.60. The summed E-state index contributed by atoms with van der Waals surface area (Å²) in [7, 11) is 0. The molecule has 2 unspecified atom stereocenters. The number of rotatable bonds is 0. The van der Waals surface area contributed by atoms with Gasteiger partial charge in [0.05, 0.1) is 5.41 Å². The second kappa shape index (κ2) is 3.01. The van der Waals surface area contributed by atoms with E-state index in [1.54, 1.807) is 0 Å². The van der Waals surface area contributed by atoms with Gasteiger partial charge in [-0.2, -0.15) is 13.2 Å². The fraction of sp³-hybridized carbons (Fsp3) is 1.00. The summed E-state index contributed by atoms with van der Waals surface area (Å²) >= 11 is 7.18. The van der Waals surface area contributed by atoms with Crippen molar-refractivity contribution >= 4 is 31.9 Å². The molecule has 0 amide bonds. The summed E-state index contributed by atoms with van der Waals surface area (Å²) in [5, 5.41) is 0. The molecule has 0 heterocycles. The molecule has 0 aromatic heterocycles. The summed E-state index contributed by atoms with van der Waals surface area (Å²) < 4.78 is 39.3. The summed E-state index contributed by atoms with van der Waals surface area (Å²) in [5.41, 5.74) is -1.43. The summed E-state index contributed by atoms with van der Waals surface area (Å²) in [6.45, 7) is 0. The van der Waals surface area contributed by atoms with Crippen molar-refractivity contribution in [2.45, 2.75) is 53.3 Å². The lowest BCUT2D eigenvalue weighted by molar-refractivity contribution is -0.264. The summed E-state index contributed by atoms with van der Waals surface area (Å²) in [4.78, 5) is 0. The second-order valence-corrected chi connectivity index (χ2v) is 9.45. The van der Waals surface area contributed by atoms with Crippen LogP contribution in [-0.2, 0) is 0 Å². The van der Waals surface area contributed by atoms with Crippen LogP contribution >= 0.6 is 31.9 Å². The Morgan fingerprint density at radius 2 is 1.38 bits per heavy atom. The van der Waals surface area contributed by atoms with Crippen LogP contribution in [-0.4, -0.2) is 14.8 Å². The van der Waals surface area contributed by atoms with Crippen LogP contribution in [0.3, 0.4) is 0 Å². The molecule has 0 spiro atoms. The number of hydrogen-bond acceptors (Lipinski definition) is 0. The van der Waals surface area contributed by atoms with E-state index in [9.17, 15) is 13.2 Å². The van der Waals surface area contributed by atoms with Gasteiger partial charge >= 0.3 is 6.18 Å². The molecule has 4 rings (SSSR count). The lowest BCUT2D eigenvalue weighted by Gasteiger charge is -2.63. The molecule has 0 saturated heterocycles. The van der Waals surface area contributed by atoms with Gasteiger partial charge in [0.2, 0.25) is 0 Å². The van der Waals surface area contributed by atoms with E-state index < -0.39 is 11.6 Å². The van der Waals surface area contributed by atoms with Gasteiger partial charge in [0, 0.05) is 8.65 Å². The highest BCUT2D eigenvalue weighted by molar-refractivity contribution is 9.10. The van der Waals surface area contributed by atoms with Crippen molar-refractivity contribution in [3.63, 3.8) is 0 Å². The maximum atomic E-state index is 13.3. The Balaban J connectivity index is 2.05. The number of halogens is 5. The first kappa shape index (κ1) is 11.8. The Kier molecular flexibility index (Phi) is 2.22. The minimum Gasteiger partial charge on any atom is -0.171 e. The molecule has 4 aliphatic carbocycles. The van der Waals surface area contributed by atoms with E-state index in [2.05, 4.69) is 31.9 Å². The van der Waals surface area contributed by atoms with Gasteiger partial charge in [0.1, 0.15) is 0 Å². The molecule has 0 aromatic rings. The third kappa shape index (κ3) is 1.53. The van der Waals surface area contributed by atoms with Crippen molar-refractivity contribution in [2.75, 3.05) is 0 Å². The van der Waals surface area contributed by atoms with E-state index >= 15 is 0 Å². The molecule has 4 bridgehead atoms. The zero-order chi connectivity index (χ0) is 11.8. The third-order valence-corrected chi connectivity index (χ3v) is 6.30. The lowest BCUT2D eigenvalue weighted by atomic mass is 9.49. The van der Waals surface area contributed by atoms with E-state index in [4.69, 9.17) is 0 Å². The average Bonchev–Trinajstić information content (AvgIpc) is 1.92. The van der Waals surface area contributed by atoms with Crippen molar-refractivity contribution in [3.05, 3.63) is 0 Å². The minimum absolute atomic E-state index is 0.233. The molecule has 16 heavy (non-hydrogen) atoms. The van der Waals surface area contributed by atoms with Gasteiger partial charge in [-0.3, -0.25) is 0 Å². The Bertz CT molecular complexity index is 321. The fourth-order valence-corrected chi connectivity index (χ4v) is 7.96. The molecule has 92 valence electrons. The zero-order valence-corrected chi connectivity index (χ0v) is 11.9. The van der Waals surface area contributed by atoms with E-state index in [0.717, 1.165) is 19.3 Å². The van der Waals surface area contributed by atoms with Crippen LogP contribution in [0.2, 0.25) is 0 Å². The van der Waals surface area contributed by atoms with Crippen LogP contribution in [0.25, 0.3) is 0 Å². The Hall–Kier alpha value is 0.750. The average molecular weight is 362 g/mol. The molecule has 4 saturated carbocycles. The van der Waals surface area contributed by atoms with Gasteiger partial charge in [-0.1, -0.05) is 31.9 Å². The van der Waals surface area contributed by atoms with Crippen LogP contribution in [0.15, 0.2) is 0 Å². The van der Waals surface area contributed by atoms with Gasteiger partial charge in [-0.05, 0) is 44.4 Å². The number of alkyl halides is 5. The predicted octanol–water partition coefficient (Wildman–Crippen LogP) is 4.80. The Morgan fingerprint density at radius 3 is 1.75 bits per heavy atom. The molecule has 0 aliphatic heterocycles. The van der Waals surface area contributed by atoms with Crippen molar-refractivity contribution in [1.82, 2.24) is 0 Å². The van der Waals surface area contributed by atoms with E-state index in [1.165, 1.54) is 0 Å². The van der Waals surface area contributed by atoms with Gasteiger partial charge in [0.25, 0.3) is 0 Å². The highest BCUT2D eigenvalue weighted by Crippen LogP contribution is 2.71. The fourth-order valence-electron chi connectivity index (χ4n) is 4.52.